The smallest absolute Gasteiger partial charge is 0.264 e. The molecule has 3 heterocycles. The van der Waals surface area contributed by atoms with E-state index < -0.39 is 0 Å². The molecule has 0 aliphatic carbocycles. The van der Waals surface area contributed by atoms with Gasteiger partial charge in [-0.2, -0.15) is 5.10 Å². The van der Waals surface area contributed by atoms with Gasteiger partial charge in [-0.3, -0.25) is 14.2 Å². The number of fused-ring (bicyclic) bond motifs is 1. The predicted octanol–water partition coefficient (Wildman–Crippen LogP) is 1.75. The number of ether oxygens (including phenoxy) is 1. The number of nitrogens with zero attached hydrogens (tertiary/aromatic N) is 5. The first kappa shape index (κ1) is 18.0. The summed E-state index contributed by atoms with van der Waals surface area (Å²) in [6.45, 7) is 2.00. The molecule has 1 saturated heterocycles. The quantitative estimate of drug-likeness (QED) is 0.660. The predicted molar refractivity (Wildman–Crippen MR) is 101 cm³/mol. The number of rotatable bonds is 3. The highest BCUT2D eigenvalue weighted by Crippen LogP contribution is 2.25. The van der Waals surface area contributed by atoms with Crippen molar-refractivity contribution in [2.45, 2.75) is 6.54 Å². The summed E-state index contributed by atoms with van der Waals surface area (Å²) < 4.78 is 8.04. The minimum absolute atomic E-state index is 0.0697. The Hall–Kier alpha value is -2.42. The summed E-state index contributed by atoms with van der Waals surface area (Å²) in [5.41, 5.74) is 0.690. The lowest BCUT2D eigenvalue weighted by Crippen LogP contribution is -2.43. The fourth-order valence-corrected chi connectivity index (χ4v) is 3.22. The van der Waals surface area contributed by atoms with E-state index in [0.717, 1.165) is 0 Å². The molecule has 4 rings (SSSR count). The van der Waals surface area contributed by atoms with Crippen molar-refractivity contribution in [3.63, 3.8) is 0 Å². The highest BCUT2D eigenvalue weighted by atomic mass is 35.5. The molecule has 0 bridgehead atoms. The SMILES string of the molecule is O=C(Cn1cnc2c(cnn2-c2ccc(Cl)c(Cl)c2)c1=O)N1CCOCC1. The first-order chi connectivity index (χ1) is 13.0. The zero-order valence-electron chi connectivity index (χ0n) is 14.1. The second-order valence-electron chi connectivity index (χ2n) is 6.06. The molecule has 0 N–H and O–H groups in total. The van der Waals surface area contributed by atoms with Crippen molar-refractivity contribution in [3.05, 3.63) is 51.1 Å². The van der Waals surface area contributed by atoms with Crippen molar-refractivity contribution in [2.75, 3.05) is 26.3 Å². The van der Waals surface area contributed by atoms with Crippen LogP contribution in [0, 0.1) is 0 Å². The normalized spacial score (nSPS) is 14.7. The highest BCUT2D eigenvalue weighted by molar-refractivity contribution is 6.42. The van der Waals surface area contributed by atoms with Crippen molar-refractivity contribution < 1.29 is 9.53 Å². The number of carbonyl (C=O) groups excluding carboxylic acids is 1. The molecule has 3 aromatic rings. The molecule has 2 aromatic heterocycles. The molecule has 0 unspecified atom stereocenters. The summed E-state index contributed by atoms with van der Waals surface area (Å²) in [7, 11) is 0. The summed E-state index contributed by atoms with van der Waals surface area (Å²) in [6, 6.07) is 5.02. The number of hydrogen-bond donors (Lipinski definition) is 0. The van der Waals surface area contributed by atoms with Crippen LogP contribution in [0.5, 0.6) is 0 Å². The minimum Gasteiger partial charge on any atom is -0.378 e. The Balaban J connectivity index is 1.66. The van der Waals surface area contributed by atoms with Crippen molar-refractivity contribution >= 4 is 40.1 Å². The van der Waals surface area contributed by atoms with Crippen molar-refractivity contribution in [3.8, 4) is 5.69 Å². The van der Waals surface area contributed by atoms with Gasteiger partial charge in [0.2, 0.25) is 5.91 Å². The van der Waals surface area contributed by atoms with Crippen LogP contribution in [0.25, 0.3) is 16.7 Å². The number of aromatic nitrogens is 4. The summed E-state index contributed by atoms with van der Waals surface area (Å²) >= 11 is 12.0. The van der Waals surface area contributed by atoms with E-state index >= 15 is 0 Å². The maximum atomic E-state index is 12.7. The average molecular weight is 408 g/mol. The molecule has 1 aromatic carbocycles. The molecule has 0 spiro atoms. The Morgan fingerprint density at radius 2 is 1.96 bits per heavy atom. The Labute approximate surface area is 163 Å². The maximum Gasteiger partial charge on any atom is 0.264 e. The van der Waals surface area contributed by atoms with Gasteiger partial charge in [0, 0.05) is 13.1 Å². The Morgan fingerprint density at radius 3 is 2.70 bits per heavy atom. The first-order valence-corrected chi connectivity index (χ1v) is 9.04. The summed E-state index contributed by atoms with van der Waals surface area (Å²) in [5.74, 6) is -0.140. The molecule has 1 amide bonds. The van der Waals surface area contributed by atoms with E-state index in [-0.39, 0.29) is 18.0 Å². The van der Waals surface area contributed by atoms with E-state index in [1.807, 2.05) is 0 Å². The molecular weight excluding hydrogens is 393 g/mol. The van der Waals surface area contributed by atoms with Crippen LogP contribution in [0.3, 0.4) is 0 Å². The molecule has 1 fully saturated rings. The lowest BCUT2D eigenvalue weighted by Gasteiger charge is -2.26. The number of halogens is 2. The molecule has 10 heteroatoms. The van der Waals surface area contributed by atoms with Gasteiger partial charge >= 0.3 is 0 Å². The van der Waals surface area contributed by atoms with E-state index in [2.05, 4.69) is 10.1 Å². The third kappa shape index (κ3) is 3.43. The standard InChI is InChI=1S/C17H15Cl2N5O3/c18-13-2-1-11(7-14(13)19)24-16-12(8-21-24)17(26)23(10-20-16)9-15(25)22-3-5-27-6-4-22/h1-2,7-8,10H,3-6,9H2. The zero-order valence-corrected chi connectivity index (χ0v) is 15.7. The van der Waals surface area contributed by atoms with Crippen LogP contribution in [0.15, 0.2) is 35.5 Å². The van der Waals surface area contributed by atoms with Gasteiger partial charge in [-0.25, -0.2) is 9.67 Å². The largest absolute Gasteiger partial charge is 0.378 e. The average Bonchev–Trinajstić information content (AvgIpc) is 3.12. The molecule has 0 atom stereocenters. The molecule has 0 saturated carbocycles. The third-order valence-electron chi connectivity index (χ3n) is 4.37. The molecule has 1 aliphatic rings. The van der Waals surface area contributed by atoms with Crippen molar-refractivity contribution in [1.82, 2.24) is 24.2 Å². The van der Waals surface area contributed by atoms with Gasteiger partial charge < -0.3 is 9.64 Å². The second-order valence-corrected chi connectivity index (χ2v) is 6.88. The van der Waals surface area contributed by atoms with Crippen molar-refractivity contribution in [2.24, 2.45) is 0 Å². The van der Waals surface area contributed by atoms with Gasteiger partial charge in [0.15, 0.2) is 5.65 Å². The van der Waals surface area contributed by atoms with E-state index in [9.17, 15) is 9.59 Å². The molecule has 1 aliphatic heterocycles. The molecule has 27 heavy (non-hydrogen) atoms. The van der Waals surface area contributed by atoms with Gasteiger partial charge in [0.1, 0.15) is 18.3 Å². The third-order valence-corrected chi connectivity index (χ3v) is 5.11. The molecule has 140 valence electrons. The monoisotopic (exact) mass is 407 g/mol. The highest BCUT2D eigenvalue weighted by Gasteiger charge is 2.19. The summed E-state index contributed by atoms with van der Waals surface area (Å²) in [6.07, 6.45) is 2.79. The van der Waals surface area contributed by atoms with Crippen LogP contribution >= 0.6 is 23.2 Å². The summed E-state index contributed by atoms with van der Waals surface area (Å²) in [4.78, 5) is 31.1. The van der Waals surface area contributed by atoms with Crippen LogP contribution in [0.2, 0.25) is 10.0 Å². The van der Waals surface area contributed by atoms with Crippen LogP contribution in [-0.2, 0) is 16.1 Å². The fourth-order valence-electron chi connectivity index (χ4n) is 2.93. The van der Waals surface area contributed by atoms with Crippen LogP contribution in [0.1, 0.15) is 0 Å². The van der Waals surface area contributed by atoms with Crippen LogP contribution in [0.4, 0.5) is 0 Å². The molecule has 8 nitrogen and oxygen atoms in total. The lowest BCUT2D eigenvalue weighted by molar-refractivity contribution is -0.135. The Morgan fingerprint density at radius 1 is 1.19 bits per heavy atom. The van der Waals surface area contributed by atoms with Crippen molar-refractivity contribution in [1.29, 1.82) is 0 Å². The van der Waals surface area contributed by atoms with Crippen LogP contribution in [-0.4, -0.2) is 56.4 Å². The van der Waals surface area contributed by atoms with E-state index in [1.165, 1.54) is 21.8 Å². The Kier molecular flexibility index (Phi) is 4.86. The topological polar surface area (TPSA) is 82.2 Å². The van der Waals surface area contributed by atoms with Gasteiger partial charge in [-0.1, -0.05) is 23.2 Å². The van der Waals surface area contributed by atoms with Gasteiger partial charge in [0.05, 0.1) is 35.1 Å². The second kappa shape index (κ2) is 7.30. The van der Waals surface area contributed by atoms with Gasteiger partial charge in [-0.05, 0) is 18.2 Å². The number of amides is 1. The number of hydrogen-bond acceptors (Lipinski definition) is 5. The maximum absolute atomic E-state index is 12.7. The van der Waals surface area contributed by atoms with E-state index in [1.54, 1.807) is 23.1 Å². The lowest BCUT2D eigenvalue weighted by atomic mass is 10.3. The zero-order chi connectivity index (χ0) is 19.0. The fraction of sp³-hybridized carbons (Fsp3) is 0.294. The number of benzene rings is 1. The number of carbonyl (C=O) groups is 1. The molecule has 0 radical (unpaired) electrons. The van der Waals surface area contributed by atoms with E-state index in [4.69, 9.17) is 27.9 Å². The van der Waals surface area contributed by atoms with Crippen LogP contribution < -0.4 is 5.56 Å². The Bertz CT molecular complexity index is 1070. The first-order valence-electron chi connectivity index (χ1n) is 8.29. The van der Waals surface area contributed by atoms with Gasteiger partial charge in [0.25, 0.3) is 5.56 Å². The van der Waals surface area contributed by atoms with Gasteiger partial charge in [-0.15, -0.1) is 0 Å². The van der Waals surface area contributed by atoms with E-state index in [0.29, 0.717) is 53.1 Å². The summed E-state index contributed by atoms with van der Waals surface area (Å²) in [5, 5.41) is 5.35. The number of morpholine rings is 1. The molecular formula is C17H15Cl2N5O3. The minimum atomic E-state index is -0.326.